The van der Waals surface area contributed by atoms with Crippen molar-refractivity contribution in [3.05, 3.63) is 52.8 Å². The van der Waals surface area contributed by atoms with E-state index in [0.29, 0.717) is 0 Å². The second-order valence-electron chi connectivity index (χ2n) is 7.11. The lowest BCUT2D eigenvalue weighted by Crippen LogP contribution is -2.38. The summed E-state index contributed by atoms with van der Waals surface area (Å²) in [4.78, 5) is 12.4. The normalized spacial score (nSPS) is 17.9. The van der Waals surface area contributed by atoms with Crippen LogP contribution in [0.25, 0.3) is 0 Å². The van der Waals surface area contributed by atoms with Crippen LogP contribution >= 0.6 is 0 Å². The number of fused-ring (bicyclic) bond motifs is 1. The maximum absolute atomic E-state index is 12.4. The first-order valence-electron chi connectivity index (χ1n) is 7.86. The molecular formula is C18H23N3O. The summed E-state index contributed by atoms with van der Waals surface area (Å²) in [5.74, 6) is 0.00780. The molecule has 2 aromatic rings. The van der Waals surface area contributed by atoms with Gasteiger partial charge in [-0.3, -0.25) is 9.89 Å². The minimum atomic E-state index is 0.00780. The molecule has 1 aromatic heterocycles. The largest absolute Gasteiger partial charge is 0.349 e. The smallest absolute Gasteiger partial charge is 0.251 e. The van der Waals surface area contributed by atoms with Gasteiger partial charge >= 0.3 is 0 Å². The molecule has 1 atom stereocenters. The summed E-state index contributed by atoms with van der Waals surface area (Å²) >= 11 is 0. The lowest BCUT2D eigenvalue weighted by atomic mass is 9.86. The van der Waals surface area contributed by atoms with Crippen molar-refractivity contribution >= 4 is 5.91 Å². The summed E-state index contributed by atoms with van der Waals surface area (Å²) < 4.78 is 0. The number of aromatic amines is 1. The van der Waals surface area contributed by atoms with Gasteiger partial charge in [0.05, 0.1) is 6.20 Å². The third kappa shape index (κ3) is 3.06. The summed E-state index contributed by atoms with van der Waals surface area (Å²) in [6.45, 7) is 6.52. The van der Waals surface area contributed by atoms with Crippen LogP contribution in [0.5, 0.6) is 0 Å². The van der Waals surface area contributed by atoms with E-state index in [9.17, 15) is 4.79 Å². The van der Waals surface area contributed by atoms with Crippen molar-refractivity contribution in [1.82, 2.24) is 15.5 Å². The Balaban J connectivity index is 1.65. The third-order valence-corrected chi connectivity index (χ3v) is 4.37. The van der Waals surface area contributed by atoms with Crippen molar-refractivity contribution in [3.63, 3.8) is 0 Å². The molecule has 0 saturated heterocycles. The fourth-order valence-corrected chi connectivity index (χ4v) is 2.92. The number of H-pyrrole nitrogens is 1. The van der Waals surface area contributed by atoms with E-state index in [4.69, 9.17) is 0 Å². The topological polar surface area (TPSA) is 57.8 Å². The number of aryl methyl sites for hydroxylation is 1. The van der Waals surface area contributed by atoms with Crippen molar-refractivity contribution in [1.29, 1.82) is 0 Å². The molecule has 0 fully saturated rings. The van der Waals surface area contributed by atoms with E-state index in [1.54, 1.807) is 0 Å². The highest BCUT2D eigenvalue weighted by Crippen LogP contribution is 2.23. The van der Waals surface area contributed by atoms with Crippen molar-refractivity contribution in [2.24, 2.45) is 0 Å². The second kappa shape index (κ2) is 5.59. The number of hydrogen-bond donors (Lipinski definition) is 2. The fourth-order valence-electron chi connectivity index (χ4n) is 2.92. The van der Waals surface area contributed by atoms with E-state index in [1.165, 1.54) is 11.1 Å². The number of benzene rings is 1. The highest BCUT2D eigenvalue weighted by Gasteiger charge is 2.22. The Morgan fingerprint density at radius 2 is 2.00 bits per heavy atom. The Morgan fingerprint density at radius 1 is 1.27 bits per heavy atom. The zero-order valence-electron chi connectivity index (χ0n) is 13.4. The summed E-state index contributed by atoms with van der Waals surface area (Å²) in [5.41, 5.74) is 4.50. The summed E-state index contributed by atoms with van der Waals surface area (Å²) in [6, 6.07) is 8.11. The van der Waals surface area contributed by atoms with Crippen molar-refractivity contribution in [3.8, 4) is 0 Å². The first-order valence-corrected chi connectivity index (χ1v) is 7.86. The number of rotatable bonds is 2. The minimum absolute atomic E-state index is 0.00780. The molecule has 116 valence electrons. The van der Waals surface area contributed by atoms with Crippen LogP contribution in [0, 0.1) is 0 Å². The molecule has 1 unspecified atom stereocenters. The molecule has 0 bridgehead atoms. The molecule has 0 saturated carbocycles. The van der Waals surface area contributed by atoms with Crippen molar-refractivity contribution in [2.45, 2.75) is 51.5 Å². The van der Waals surface area contributed by atoms with E-state index in [-0.39, 0.29) is 17.4 Å². The molecule has 1 heterocycles. The lowest BCUT2D eigenvalue weighted by Gasteiger charge is -2.23. The lowest BCUT2D eigenvalue weighted by molar-refractivity contribution is 0.0933. The number of amides is 1. The van der Waals surface area contributed by atoms with Gasteiger partial charge in [-0.05, 0) is 41.5 Å². The van der Waals surface area contributed by atoms with E-state index >= 15 is 0 Å². The van der Waals surface area contributed by atoms with Crippen LogP contribution in [0.3, 0.4) is 0 Å². The molecule has 22 heavy (non-hydrogen) atoms. The van der Waals surface area contributed by atoms with Gasteiger partial charge in [-0.2, -0.15) is 5.10 Å². The number of nitrogens with zero attached hydrogens (tertiary/aromatic N) is 1. The van der Waals surface area contributed by atoms with Crippen LogP contribution in [0.15, 0.2) is 30.5 Å². The molecule has 1 aromatic carbocycles. The molecule has 1 amide bonds. The standard InChI is InChI=1S/C18H23N3O/c1-18(2,3)14-7-4-12(5-8-14)17(22)20-15-9-6-13-11-19-21-16(13)10-15/h4-5,7-8,11,15H,6,9-10H2,1-3H3,(H,19,21)(H,20,22). The van der Waals surface area contributed by atoms with Gasteiger partial charge in [0, 0.05) is 23.7 Å². The molecule has 3 rings (SSSR count). The van der Waals surface area contributed by atoms with E-state index in [2.05, 4.69) is 36.3 Å². The zero-order valence-corrected chi connectivity index (χ0v) is 13.4. The SMILES string of the molecule is CC(C)(C)c1ccc(C(=O)NC2CCc3cn[nH]c3C2)cc1. The van der Waals surface area contributed by atoms with Gasteiger partial charge in [-0.15, -0.1) is 0 Å². The van der Waals surface area contributed by atoms with Crippen LogP contribution in [-0.4, -0.2) is 22.1 Å². The third-order valence-electron chi connectivity index (χ3n) is 4.37. The van der Waals surface area contributed by atoms with Crippen molar-refractivity contribution < 1.29 is 4.79 Å². The molecule has 2 N–H and O–H groups in total. The molecule has 0 spiro atoms. The number of aromatic nitrogens is 2. The Morgan fingerprint density at radius 3 is 2.68 bits per heavy atom. The molecule has 1 aliphatic rings. The minimum Gasteiger partial charge on any atom is -0.349 e. The first-order chi connectivity index (χ1) is 10.4. The van der Waals surface area contributed by atoms with Gasteiger partial charge < -0.3 is 5.32 Å². The highest BCUT2D eigenvalue weighted by molar-refractivity contribution is 5.94. The van der Waals surface area contributed by atoms with Crippen LogP contribution in [0.1, 0.15) is 54.4 Å². The number of carbonyl (C=O) groups excluding carboxylic acids is 1. The average Bonchev–Trinajstić information content (AvgIpc) is 2.94. The number of carbonyl (C=O) groups is 1. The molecule has 4 heteroatoms. The van der Waals surface area contributed by atoms with Gasteiger partial charge in [0.15, 0.2) is 0 Å². The highest BCUT2D eigenvalue weighted by atomic mass is 16.1. The molecular weight excluding hydrogens is 274 g/mol. The molecule has 4 nitrogen and oxygen atoms in total. The summed E-state index contributed by atoms with van der Waals surface area (Å²) in [5, 5.41) is 10.2. The van der Waals surface area contributed by atoms with Gasteiger partial charge in [0.25, 0.3) is 5.91 Å². The molecule has 1 aliphatic carbocycles. The van der Waals surface area contributed by atoms with Crippen LogP contribution < -0.4 is 5.32 Å². The Labute approximate surface area is 131 Å². The van der Waals surface area contributed by atoms with Gasteiger partial charge in [-0.1, -0.05) is 32.9 Å². The first kappa shape index (κ1) is 14.8. The Hall–Kier alpha value is -2.10. The van der Waals surface area contributed by atoms with Crippen LogP contribution in [-0.2, 0) is 18.3 Å². The van der Waals surface area contributed by atoms with Gasteiger partial charge in [-0.25, -0.2) is 0 Å². The second-order valence-corrected chi connectivity index (χ2v) is 7.11. The van der Waals surface area contributed by atoms with Crippen LogP contribution in [0.4, 0.5) is 0 Å². The molecule has 0 aliphatic heterocycles. The van der Waals surface area contributed by atoms with E-state index < -0.39 is 0 Å². The van der Waals surface area contributed by atoms with E-state index in [0.717, 1.165) is 30.5 Å². The Kier molecular flexibility index (Phi) is 3.77. The fraction of sp³-hybridized carbons (Fsp3) is 0.444. The van der Waals surface area contributed by atoms with Gasteiger partial charge in [0.1, 0.15) is 0 Å². The predicted molar refractivity (Wildman–Crippen MR) is 87.0 cm³/mol. The predicted octanol–water partition coefficient (Wildman–Crippen LogP) is 2.99. The quantitative estimate of drug-likeness (QED) is 0.895. The monoisotopic (exact) mass is 297 g/mol. The Bertz CT molecular complexity index is 664. The summed E-state index contributed by atoms with van der Waals surface area (Å²) in [7, 11) is 0. The number of nitrogens with one attached hydrogen (secondary N) is 2. The van der Waals surface area contributed by atoms with E-state index in [1.807, 2.05) is 30.5 Å². The van der Waals surface area contributed by atoms with Crippen molar-refractivity contribution in [2.75, 3.05) is 0 Å². The molecule has 0 radical (unpaired) electrons. The summed E-state index contributed by atoms with van der Waals surface area (Å²) in [6.07, 6.45) is 4.66. The maximum Gasteiger partial charge on any atom is 0.251 e. The average molecular weight is 297 g/mol. The van der Waals surface area contributed by atoms with Gasteiger partial charge in [0.2, 0.25) is 0 Å². The zero-order chi connectivity index (χ0) is 15.7. The van der Waals surface area contributed by atoms with Crippen LogP contribution in [0.2, 0.25) is 0 Å². The maximum atomic E-state index is 12.4. The number of hydrogen-bond acceptors (Lipinski definition) is 2.